The summed E-state index contributed by atoms with van der Waals surface area (Å²) in [6, 6.07) is 0.0340. The Morgan fingerprint density at radius 1 is 1.29 bits per heavy atom. The number of hydrogen-bond acceptors (Lipinski definition) is 2. The summed E-state index contributed by atoms with van der Waals surface area (Å²) in [6.45, 7) is 0. The fourth-order valence-electron chi connectivity index (χ4n) is 2.67. The summed E-state index contributed by atoms with van der Waals surface area (Å²) >= 11 is 0. The number of amides is 1. The van der Waals surface area contributed by atoms with Crippen molar-refractivity contribution in [2.45, 2.75) is 63.8 Å². The second kappa shape index (κ2) is 8.09. The molecule has 0 radical (unpaired) electrons. The number of aliphatic carboxylic acids is 1. The number of carbonyl (C=O) groups is 2. The first-order chi connectivity index (χ1) is 8.22. The number of nitrogens with one attached hydrogen (secondary N) is 1. The lowest BCUT2D eigenvalue weighted by Crippen LogP contribution is -2.30. The van der Waals surface area contributed by atoms with Gasteiger partial charge in [-0.1, -0.05) is 38.5 Å². The molecular weight excluding hydrogens is 218 g/mol. The van der Waals surface area contributed by atoms with Gasteiger partial charge in [-0.3, -0.25) is 9.59 Å². The first kappa shape index (κ1) is 14.0. The van der Waals surface area contributed by atoms with Crippen LogP contribution < -0.4 is 5.32 Å². The predicted octanol–water partition coefficient (Wildman–Crippen LogP) is 2.33. The van der Waals surface area contributed by atoms with Crippen molar-refractivity contribution in [3.63, 3.8) is 0 Å². The molecule has 1 atom stereocenters. The van der Waals surface area contributed by atoms with E-state index in [-0.39, 0.29) is 12.5 Å². The zero-order chi connectivity index (χ0) is 12.5. The fourth-order valence-corrected chi connectivity index (χ4v) is 2.67. The van der Waals surface area contributed by atoms with Gasteiger partial charge >= 0.3 is 5.97 Å². The van der Waals surface area contributed by atoms with Crippen molar-refractivity contribution in [2.75, 3.05) is 0 Å². The highest BCUT2D eigenvalue weighted by molar-refractivity contribution is 5.66. The number of carboxylic acid groups (broad SMARTS) is 1. The smallest absolute Gasteiger partial charge is 0.303 e. The van der Waals surface area contributed by atoms with E-state index in [1.807, 2.05) is 0 Å². The highest BCUT2D eigenvalue weighted by Crippen LogP contribution is 2.27. The summed E-state index contributed by atoms with van der Waals surface area (Å²) in [6.07, 6.45) is 9.95. The minimum atomic E-state index is -0.788. The second-order valence-corrected chi connectivity index (χ2v) is 5.01. The van der Waals surface area contributed by atoms with Crippen molar-refractivity contribution in [1.29, 1.82) is 0 Å². The van der Waals surface area contributed by atoms with Crippen LogP contribution in [0.2, 0.25) is 0 Å². The molecule has 0 bridgehead atoms. The van der Waals surface area contributed by atoms with Crippen molar-refractivity contribution in [3.8, 4) is 0 Å². The van der Waals surface area contributed by atoms with Crippen molar-refractivity contribution in [2.24, 2.45) is 5.92 Å². The molecule has 0 aromatic carbocycles. The average molecular weight is 241 g/mol. The summed E-state index contributed by atoms with van der Waals surface area (Å²) in [7, 11) is 0. The fraction of sp³-hybridized carbons (Fsp3) is 0.846. The molecule has 1 amide bonds. The normalized spacial score (nSPS) is 19.3. The van der Waals surface area contributed by atoms with Crippen LogP contribution in [-0.4, -0.2) is 23.5 Å². The molecule has 2 N–H and O–H groups in total. The van der Waals surface area contributed by atoms with Gasteiger partial charge in [-0.2, -0.15) is 0 Å². The first-order valence-corrected chi connectivity index (χ1v) is 6.64. The van der Waals surface area contributed by atoms with Crippen LogP contribution in [0.15, 0.2) is 0 Å². The first-order valence-electron chi connectivity index (χ1n) is 6.64. The molecule has 1 rings (SSSR count). The maximum atomic E-state index is 10.5. The average Bonchev–Trinajstić information content (AvgIpc) is 2.55. The highest BCUT2D eigenvalue weighted by Gasteiger charge is 2.18. The van der Waals surface area contributed by atoms with E-state index >= 15 is 0 Å². The summed E-state index contributed by atoms with van der Waals surface area (Å²) in [5.41, 5.74) is 0. The van der Waals surface area contributed by atoms with E-state index in [2.05, 4.69) is 5.32 Å². The van der Waals surface area contributed by atoms with E-state index < -0.39 is 5.97 Å². The third-order valence-corrected chi connectivity index (χ3v) is 3.60. The van der Waals surface area contributed by atoms with E-state index in [0.717, 1.165) is 6.42 Å². The van der Waals surface area contributed by atoms with Crippen LogP contribution in [0.4, 0.5) is 0 Å². The molecule has 1 saturated carbocycles. The van der Waals surface area contributed by atoms with Gasteiger partial charge in [0.2, 0.25) is 6.41 Å². The van der Waals surface area contributed by atoms with E-state index in [0.29, 0.717) is 18.7 Å². The lowest BCUT2D eigenvalue weighted by molar-refractivity contribution is -0.137. The Balaban J connectivity index is 2.34. The molecule has 4 nitrogen and oxygen atoms in total. The van der Waals surface area contributed by atoms with Gasteiger partial charge in [0.1, 0.15) is 0 Å². The summed E-state index contributed by atoms with van der Waals surface area (Å²) in [5.74, 6) is -0.132. The minimum Gasteiger partial charge on any atom is -0.481 e. The Kier molecular flexibility index (Phi) is 6.67. The Bertz CT molecular complexity index is 235. The van der Waals surface area contributed by atoms with Crippen LogP contribution in [0.1, 0.15) is 57.8 Å². The van der Waals surface area contributed by atoms with E-state index in [4.69, 9.17) is 5.11 Å². The molecule has 1 aliphatic rings. The summed E-state index contributed by atoms with van der Waals surface area (Å²) in [4.78, 5) is 21.1. The summed E-state index contributed by atoms with van der Waals surface area (Å²) in [5, 5.41) is 11.4. The van der Waals surface area contributed by atoms with Gasteiger partial charge in [-0.05, 0) is 18.8 Å². The van der Waals surface area contributed by atoms with Crippen molar-refractivity contribution < 1.29 is 14.7 Å². The van der Waals surface area contributed by atoms with Gasteiger partial charge in [0.25, 0.3) is 0 Å². The Morgan fingerprint density at radius 2 is 1.94 bits per heavy atom. The van der Waals surface area contributed by atoms with Crippen molar-refractivity contribution in [3.05, 3.63) is 0 Å². The number of carbonyl (C=O) groups excluding carboxylic acids is 1. The van der Waals surface area contributed by atoms with Crippen LogP contribution in [-0.2, 0) is 9.59 Å². The lowest BCUT2D eigenvalue weighted by atomic mass is 9.91. The molecule has 4 heteroatoms. The third-order valence-electron chi connectivity index (χ3n) is 3.60. The van der Waals surface area contributed by atoms with Gasteiger partial charge in [0.15, 0.2) is 0 Å². The minimum absolute atomic E-state index is 0.0340. The van der Waals surface area contributed by atoms with Crippen LogP contribution >= 0.6 is 0 Å². The number of rotatable bonds is 7. The molecule has 1 aliphatic carbocycles. The molecule has 0 spiro atoms. The van der Waals surface area contributed by atoms with Gasteiger partial charge < -0.3 is 10.4 Å². The van der Waals surface area contributed by atoms with Crippen molar-refractivity contribution in [1.82, 2.24) is 5.32 Å². The summed E-state index contributed by atoms with van der Waals surface area (Å²) < 4.78 is 0. The molecule has 0 saturated heterocycles. The number of hydrogen-bond donors (Lipinski definition) is 2. The molecule has 0 aliphatic heterocycles. The SMILES string of the molecule is O=CNC(CCC(=O)O)CC1CCCCCC1. The monoisotopic (exact) mass is 241 g/mol. The lowest BCUT2D eigenvalue weighted by Gasteiger charge is -2.21. The van der Waals surface area contributed by atoms with E-state index in [1.165, 1.54) is 38.5 Å². The largest absolute Gasteiger partial charge is 0.481 e. The third kappa shape index (κ3) is 6.29. The molecule has 17 heavy (non-hydrogen) atoms. The van der Waals surface area contributed by atoms with E-state index in [1.54, 1.807) is 0 Å². The van der Waals surface area contributed by atoms with Crippen LogP contribution in [0, 0.1) is 5.92 Å². The molecule has 1 fully saturated rings. The quantitative estimate of drug-likeness (QED) is 0.531. The van der Waals surface area contributed by atoms with Crippen molar-refractivity contribution >= 4 is 12.4 Å². The van der Waals surface area contributed by atoms with Crippen LogP contribution in [0.3, 0.4) is 0 Å². The van der Waals surface area contributed by atoms with Gasteiger partial charge in [0.05, 0.1) is 0 Å². The Morgan fingerprint density at radius 3 is 2.47 bits per heavy atom. The molecule has 0 aromatic rings. The van der Waals surface area contributed by atoms with Gasteiger partial charge in [-0.25, -0.2) is 0 Å². The van der Waals surface area contributed by atoms with Gasteiger partial charge in [-0.15, -0.1) is 0 Å². The predicted molar refractivity (Wildman–Crippen MR) is 65.7 cm³/mol. The molecule has 98 valence electrons. The highest BCUT2D eigenvalue weighted by atomic mass is 16.4. The second-order valence-electron chi connectivity index (χ2n) is 5.01. The number of carboxylic acids is 1. The Labute approximate surface area is 103 Å². The molecule has 0 aromatic heterocycles. The van der Waals surface area contributed by atoms with Crippen LogP contribution in [0.25, 0.3) is 0 Å². The maximum Gasteiger partial charge on any atom is 0.303 e. The standard InChI is InChI=1S/C13H23NO3/c15-10-14-12(7-8-13(16)17)9-11-5-3-1-2-4-6-11/h10-12H,1-9H2,(H,14,15)(H,16,17). The topological polar surface area (TPSA) is 66.4 Å². The maximum absolute atomic E-state index is 10.5. The molecular formula is C13H23NO3. The molecule has 0 heterocycles. The van der Waals surface area contributed by atoms with E-state index in [9.17, 15) is 9.59 Å². The molecule has 1 unspecified atom stereocenters. The zero-order valence-corrected chi connectivity index (χ0v) is 10.4. The van der Waals surface area contributed by atoms with Crippen LogP contribution in [0.5, 0.6) is 0 Å². The van der Waals surface area contributed by atoms with Gasteiger partial charge in [0, 0.05) is 12.5 Å². The zero-order valence-electron chi connectivity index (χ0n) is 10.4. The Hall–Kier alpha value is -1.06.